The average Bonchev–Trinajstić information content (AvgIpc) is 3.43. The average molecular weight is 499 g/mol. The zero-order valence-corrected chi connectivity index (χ0v) is 18.3. The molecule has 0 spiro atoms. The van der Waals surface area contributed by atoms with E-state index in [1.54, 1.807) is 18.2 Å². The first-order chi connectivity index (χ1) is 16.5. The minimum absolute atomic E-state index is 0.00713. The highest BCUT2D eigenvalue weighted by atomic mass is 19.4. The lowest BCUT2D eigenvalue weighted by Crippen LogP contribution is -2.41. The van der Waals surface area contributed by atoms with Crippen molar-refractivity contribution in [1.29, 1.82) is 0 Å². The monoisotopic (exact) mass is 499 g/mol. The molecular weight excluding hydrogens is 477 g/mol. The molecule has 3 N–H and O–H groups in total. The molecule has 0 radical (unpaired) electrons. The van der Waals surface area contributed by atoms with Gasteiger partial charge in [0.2, 0.25) is 5.91 Å². The molecule has 14 heteroatoms. The van der Waals surface area contributed by atoms with Crippen molar-refractivity contribution >= 4 is 22.8 Å². The third kappa shape index (κ3) is 6.31. The van der Waals surface area contributed by atoms with Crippen LogP contribution in [0.25, 0.3) is 11.0 Å². The van der Waals surface area contributed by atoms with E-state index in [0.717, 1.165) is 4.80 Å². The van der Waals surface area contributed by atoms with Gasteiger partial charge in [-0.15, -0.1) is 5.10 Å². The van der Waals surface area contributed by atoms with E-state index in [1.165, 1.54) is 6.20 Å². The highest BCUT2D eigenvalue weighted by Gasteiger charge is 2.48. The third-order valence-electron chi connectivity index (χ3n) is 5.71. The molecule has 2 heterocycles. The number of hydrogen-bond donors (Lipinski definition) is 3. The number of rotatable bonds is 9. The van der Waals surface area contributed by atoms with Gasteiger partial charge in [0.1, 0.15) is 5.82 Å². The molecule has 3 aromatic rings. The molecule has 9 nitrogen and oxygen atoms in total. The molecule has 188 valence electrons. The van der Waals surface area contributed by atoms with E-state index in [2.05, 4.69) is 30.8 Å². The van der Waals surface area contributed by atoms with Crippen molar-refractivity contribution < 1.29 is 31.5 Å². The molecule has 0 aliphatic heterocycles. The highest BCUT2D eigenvalue weighted by molar-refractivity contribution is 5.91. The zero-order chi connectivity index (χ0) is 25.2. The number of carbonyl (C=O) groups excluding carboxylic acids is 2. The Balaban J connectivity index is 1.28. The Morgan fingerprint density at radius 1 is 1.20 bits per heavy atom. The van der Waals surface area contributed by atoms with Crippen LogP contribution in [0.2, 0.25) is 0 Å². The number of aromatic amines is 1. The minimum atomic E-state index is -4.39. The number of H-pyrrole nitrogens is 1. The number of alkyl halides is 5. The smallest absolute Gasteiger partial charge is 0.352 e. The normalized spacial score (nSPS) is 17.2. The predicted molar refractivity (Wildman–Crippen MR) is 112 cm³/mol. The van der Waals surface area contributed by atoms with Crippen LogP contribution >= 0.6 is 0 Å². The number of amides is 2. The summed E-state index contributed by atoms with van der Waals surface area (Å²) in [5.74, 6) is -4.37. The number of nitrogens with zero attached hydrogens (tertiary/aromatic N) is 4. The van der Waals surface area contributed by atoms with Crippen molar-refractivity contribution in [1.82, 2.24) is 35.6 Å². The zero-order valence-electron chi connectivity index (χ0n) is 18.3. The Morgan fingerprint density at radius 3 is 2.69 bits per heavy atom. The van der Waals surface area contributed by atoms with E-state index in [-0.39, 0.29) is 31.7 Å². The molecular formula is C21H22F5N7O2. The van der Waals surface area contributed by atoms with Crippen LogP contribution in [0.1, 0.15) is 47.6 Å². The molecule has 1 atom stereocenters. The third-order valence-corrected chi connectivity index (χ3v) is 5.71. The Labute approximate surface area is 195 Å². The molecule has 2 aromatic heterocycles. The van der Waals surface area contributed by atoms with Gasteiger partial charge in [-0.3, -0.25) is 9.59 Å². The number of hydrogen-bond acceptors (Lipinski definition) is 5. The molecule has 0 saturated heterocycles. The summed E-state index contributed by atoms with van der Waals surface area (Å²) in [5.41, 5.74) is 1.86. The number of fused-ring (bicyclic) bond motifs is 1. The number of nitrogens with one attached hydrogen (secondary N) is 3. The van der Waals surface area contributed by atoms with Gasteiger partial charge in [-0.25, -0.2) is 13.8 Å². The van der Waals surface area contributed by atoms with E-state index in [0.29, 0.717) is 28.8 Å². The van der Waals surface area contributed by atoms with Gasteiger partial charge in [-0.2, -0.15) is 23.1 Å². The number of benzene rings is 1. The molecule has 0 bridgehead atoms. The van der Waals surface area contributed by atoms with Crippen LogP contribution in [0.15, 0.2) is 24.4 Å². The Kier molecular flexibility index (Phi) is 6.72. The predicted octanol–water partition coefficient (Wildman–Crippen LogP) is 3.09. The van der Waals surface area contributed by atoms with Crippen molar-refractivity contribution in [3.63, 3.8) is 0 Å². The van der Waals surface area contributed by atoms with Crippen LogP contribution in [-0.4, -0.2) is 48.9 Å². The fourth-order valence-corrected chi connectivity index (χ4v) is 3.58. The molecule has 35 heavy (non-hydrogen) atoms. The first-order valence-corrected chi connectivity index (χ1v) is 10.9. The second-order valence-corrected chi connectivity index (χ2v) is 8.39. The molecule has 1 aromatic carbocycles. The summed E-state index contributed by atoms with van der Waals surface area (Å²) in [5, 5.41) is 12.9. The molecule has 2 amide bonds. The van der Waals surface area contributed by atoms with Crippen molar-refractivity contribution in [2.75, 3.05) is 0 Å². The molecule has 1 aliphatic rings. The molecule has 1 fully saturated rings. The Hall–Kier alpha value is -3.58. The number of aromatic nitrogens is 5. The summed E-state index contributed by atoms with van der Waals surface area (Å²) >= 11 is 0. The first kappa shape index (κ1) is 24.5. The summed E-state index contributed by atoms with van der Waals surface area (Å²) in [6, 6.07) is 5.05. The maximum Gasteiger partial charge on any atom is 0.389 e. The molecule has 1 unspecified atom stereocenters. The van der Waals surface area contributed by atoms with Crippen LogP contribution in [0.4, 0.5) is 22.0 Å². The number of halogens is 5. The second kappa shape index (κ2) is 9.58. The summed E-state index contributed by atoms with van der Waals surface area (Å²) in [6.07, 6.45) is -4.76. The molecule has 4 rings (SSSR count). The standard InChI is InChI=1S/C21H22F5N7O2/c22-20(23)5-3-13(20)11-33-29-9-16(32-33)19(35)28-10-17-30-14-2-1-12(7-15(14)31-17)8-27-18(34)4-6-21(24,25)26/h1-2,7,9,13H,3-6,8,10-11H2,(H,27,34)(H,28,35)(H,30,31). The van der Waals surface area contributed by atoms with Crippen LogP contribution in [-0.2, 0) is 24.4 Å². The first-order valence-electron chi connectivity index (χ1n) is 10.9. The summed E-state index contributed by atoms with van der Waals surface area (Å²) in [6.45, 7) is 0.0275. The van der Waals surface area contributed by atoms with E-state index in [4.69, 9.17) is 0 Å². The molecule has 1 aliphatic carbocycles. The lowest BCUT2D eigenvalue weighted by atomic mass is 9.81. The van der Waals surface area contributed by atoms with E-state index in [1.807, 2.05) is 0 Å². The van der Waals surface area contributed by atoms with Crippen LogP contribution in [0, 0.1) is 5.92 Å². The largest absolute Gasteiger partial charge is 0.389 e. The molecule has 1 saturated carbocycles. The quantitative estimate of drug-likeness (QED) is 0.391. The topological polar surface area (TPSA) is 118 Å². The number of imidazole rings is 1. The maximum absolute atomic E-state index is 13.4. The van der Waals surface area contributed by atoms with Gasteiger partial charge in [0.05, 0.1) is 36.7 Å². The fourth-order valence-electron chi connectivity index (χ4n) is 3.58. The van der Waals surface area contributed by atoms with Gasteiger partial charge in [-0.05, 0) is 24.1 Å². The van der Waals surface area contributed by atoms with E-state index >= 15 is 0 Å². The second-order valence-electron chi connectivity index (χ2n) is 8.39. The van der Waals surface area contributed by atoms with Crippen molar-refractivity contribution in [3.8, 4) is 0 Å². The Morgan fingerprint density at radius 2 is 2.00 bits per heavy atom. The summed E-state index contributed by atoms with van der Waals surface area (Å²) < 4.78 is 63.4. The lowest BCUT2D eigenvalue weighted by molar-refractivity contribution is -0.144. The summed E-state index contributed by atoms with van der Waals surface area (Å²) in [7, 11) is 0. The highest BCUT2D eigenvalue weighted by Crippen LogP contribution is 2.43. The van der Waals surface area contributed by atoms with E-state index < -0.39 is 42.7 Å². The van der Waals surface area contributed by atoms with Crippen molar-refractivity contribution in [2.45, 2.75) is 57.4 Å². The fraction of sp³-hybridized carbons (Fsp3) is 0.476. The minimum Gasteiger partial charge on any atom is -0.352 e. The summed E-state index contributed by atoms with van der Waals surface area (Å²) in [4.78, 5) is 32.4. The van der Waals surface area contributed by atoms with E-state index in [9.17, 15) is 31.5 Å². The van der Waals surface area contributed by atoms with Gasteiger partial charge in [-0.1, -0.05) is 6.07 Å². The van der Waals surface area contributed by atoms with Gasteiger partial charge < -0.3 is 15.6 Å². The van der Waals surface area contributed by atoms with Gasteiger partial charge in [0.25, 0.3) is 11.8 Å². The number of carbonyl (C=O) groups is 2. The van der Waals surface area contributed by atoms with Crippen LogP contribution in [0.5, 0.6) is 0 Å². The van der Waals surface area contributed by atoms with Gasteiger partial charge in [0.15, 0.2) is 5.69 Å². The van der Waals surface area contributed by atoms with Crippen molar-refractivity contribution in [3.05, 3.63) is 41.5 Å². The van der Waals surface area contributed by atoms with Crippen LogP contribution in [0.3, 0.4) is 0 Å². The SMILES string of the molecule is O=C(CCC(F)(F)F)NCc1ccc2nc(CNC(=O)c3cnn(CC4CCC4(F)F)n3)[nH]c2c1. The van der Waals surface area contributed by atoms with Gasteiger partial charge >= 0.3 is 6.18 Å². The van der Waals surface area contributed by atoms with Crippen molar-refractivity contribution in [2.24, 2.45) is 5.92 Å². The van der Waals surface area contributed by atoms with Crippen LogP contribution < -0.4 is 10.6 Å². The lowest BCUT2D eigenvalue weighted by Gasteiger charge is -2.35. The Bertz CT molecular complexity index is 1220. The maximum atomic E-state index is 13.4. The van der Waals surface area contributed by atoms with Gasteiger partial charge in [0, 0.05) is 25.3 Å².